The molecule has 130 valence electrons. The Morgan fingerprint density at radius 3 is 2.72 bits per heavy atom. The van der Waals surface area contributed by atoms with E-state index in [0.717, 1.165) is 40.6 Å². The first kappa shape index (κ1) is 16.4. The van der Waals surface area contributed by atoms with E-state index < -0.39 is 0 Å². The molecule has 2 aromatic carbocycles. The van der Waals surface area contributed by atoms with Crippen molar-refractivity contribution in [2.24, 2.45) is 11.1 Å². The van der Waals surface area contributed by atoms with Crippen LogP contribution in [-0.4, -0.2) is 37.9 Å². The lowest BCUT2D eigenvalue weighted by Gasteiger charge is -2.27. The third-order valence-electron chi connectivity index (χ3n) is 4.82. The number of hydrogen-bond donors (Lipinski definition) is 0. The zero-order valence-corrected chi connectivity index (χ0v) is 15.2. The molecule has 4 rings (SSSR count). The lowest BCUT2D eigenvalue weighted by molar-refractivity contribution is 0.121. The van der Waals surface area contributed by atoms with Gasteiger partial charge in [0.1, 0.15) is 18.0 Å². The summed E-state index contributed by atoms with van der Waals surface area (Å²) in [5.74, 6) is 1.07. The molecule has 2 aromatic rings. The molecule has 0 saturated heterocycles. The van der Waals surface area contributed by atoms with Gasteiger partial charge < -0.3 is 14.5 Å². The maximum atomic E-state index is 6.41. The van der Waals surface area contributed by atoms with Gasteiger partial charge in [-0.3, -0.25) is 0 Å². The molecule has 0 aromatic heterocycles. The summed E-state index contributed by atoms with van der Waals surface area (Å²) in [7, 11) is 4.04. The summed E-state index contributed by atoms with van der Waals surface area (Å²) in [6.07, 6.45) is 0.902. The van der Waals surface area contributed by atoms with Crippen LogP contribution in [0.4, 0.5) is 0 Å². The average molecular weight is 357 g/mol. The second kappa shape index (κ2) is 6.36. The van der Waals surface area contributed by atoms with Crippen LogP contribution in [0.2, 0.25) is 5.02 Å². The quantitative estimate of drug-likeness (QED) is 0.601. The molecule has 5 heteroatoms. The van der Waals surface area contributed by atoms with Crippen LogP contribution in [0.3, 0.4) is 0 Å². The summed E-state index contributed by atoms with van der Waals surface area (Å²) < 4.78 is 6.41. The van der Waals surface area contributed by atoms with E-state index in [1.807, 2.05) is 62.6 Å². The molecule has 4 nitrogen and oxygen atoms in total. The van der Waals surface area contributed by atoms with Crippen molar-refractivity contribution in [1.29, 1.82) is 0 Å². The fourth-order valence-corrected chi connectivity index (χ4v) is 3.51. The van der Waals surface area contributed by atoms with Gasteiger partial charge in [0.15, 0.2) is 0 Å². The number of ether oxygens (including phenoxy) is 1. The average Bonchev–Trinajstić information content (AvgIpc) is 3.33. The minimum Gasteiger partial charge on any atom is -0.481 e. The lowest BCUT2D eigenvalue weighted by Crippen LogP contribution is -2.28. The highest BCUT2D eigenvalue weighted by Crippen LogP contribution is 2.60. The van der Waals surface area contributed by atoms with Crippen molar-refractivity contribution in [2.75, 3.05) is 27.2 Å². The summed E-state index contributed by atoms with van der Waals surface area (Å²) in [5.41, 5.74) is 2.80. The molecule has 1 aliphatic carbocycles. The highest BCUT2D eigenvalue weighted by Gasteiger charge is 2.64. The third-order valence-corrected chi connectivity index (χ3v) is 5.07. The topological polar surface area (TPSA) is 34.1 Å². The van der Waals surface area contributed by atoms with Crippen molar-refractivity contribution in [3.05, 3.63) is 64.7 Å². The summed E-state index contributed by atoms with van der Waals surface area (Å²) in [6.45, 7) is 1.40. The first-order valence-corrected chi connectivity index (χ1v) is 8.87. The zero-order chi connectivity index (χ0) is 17.4. The van der Waals surface area contributed by atoms with Gasteiger partial charge in [0.05, 0.1) is 11.6 Å². The van der Waals surface area contributed by atoms with Crippen LogP contribution in [0.5, 0.6) is 5.75 Å². The second-order valence-electron chi connectivity index (χ2n) is 6.86. The van der Waals surface area contributed by atoms with Gasteiger partial charge in [-0.15, -0.1) is 0 Å². The molecule has 1 aliphatic heterocycles. The Kier molecular flexibility index (Phi) is 4.18. The number of para-hydroxylation sites is 1. The molecule has 25 heavy (non-hydrogen) atoms. The van der Waals surface area contributed by atoms with E-state index in [0.29, 0.717) is 6.61 Å². The predicted octanol–water partition coefficient (Wildman–Crippen LogP) is 3.93. The molecule has 2 aliphatic rings. The molecule has 1 saturated carbocycles. The second-order valence-corrected chi connectivity index (χ2v) is 7.30. The number of halogens is 1. The Hall–Kier alpha value is -2.04. The maximum absolute atomic E-state index is 6.41. The molecule has 2 unspecified atom stereocenters. The molecule has 0 amide bonds. The zero-order valence-electron chi connectivity index (χ0n) is 14.4. The molecule has 1 fully saturated rings. The van der Waals surface area contributed by atoms with E-state index in [4.69, 9.17) is 21.2 Å². The summed E-state index contributed by atoms with van der Waals surface area (Å²) in [6, 6.07) is 16.0. The Bertz CT molecular complexity index is 804. The van der Waals surface area contributed by atoms with Crippen molar-refractivity contribution in [3.8, 4) is 5.75 Å². The fraction of sp³-hybridized carbons (Fsp3) is 0.350. The van der Waals surface area contributed by atoms with Gasteiger partial charge in [0.25, 0.3) is 0 Å². The molecule has 0 bridgehead atoms. The molecule has 2 atom stereocenters. The molecular formula is C20H21ClN2O2. The van der Waals surface area contributed by atoms with E-state index in [9.17, 15) is 0 Å². The molecule has 0 spiro atoms. The molecular weight excluding hydrogens is 336 g/mol. The minimum absolute atomic E-state index is 0.211. The number of rotatable bonds is 5. The lowest BCUT2D eigenvalue weighted by atomic mass is 9.96. The van der Waals surface area contributed by atoms with Crippen LogP contribution < -0.4 is 4.74 Å². The van der Waals surface area contributed by atoms with E-state index >= 15 is 0 Å². The highest BCUT2D eigenvalue weighted by atomic mass is 35.5. The Balaban J connectivity index is 1.65. The summed E-state index contributed by atoms with van der Waals surface area (Å²) in [5, 5.41) is 5.22. The van der Waals surface area contributed by atoms with Crippen LogP contribution in [0.1, 0.15) is 17.5 Å². The summed E-state index contributed by atoms with van der Waals surface area (Å²) in [4.78, 5) is 7.68. The van der Waals surface area contributed by atoms with Crippen LogP contribution in [0.15, 0.2) is 53.7 Å². The van der Waals surface area contributed by atoms with Gasteiger partial charge in [-0.2, -0.15) is 0 Å². The number of hydrogen-bond acceptors (Lipinski definition) is 4. The van der Waals surface area contributed by atoms with Crippen LogP contribution in [0.25, 0.3) is 0 Å². The molecule has 1 heterocycles. The van der Waals surface area contributed by atoms with Crippen molar-refractivity contribution in [3.63, 3.8) is 0 Å². The minimum atomic E-state index is -0.345. The number of fused-ring (bicyclic) bond motifs is 2. The number of likely N-dealkylation sites (N-methyl/N-ethyl adjacent to an activating group) is 1. The standard InChI is InChI=1S/C20H21ClN2O2/c1-23(2)11-12-24-22-19-16-5-3-4-6-18(16)25-20(13-17(19)20)14-7-9-15(21)10-8-14/h3-10,17H,11-13H2,1-2H3. The van der Waals surface area contributed by atoms with Crippen molar-refractivity contribution >= 4 is 17.3 Å². The van der Waals surface area contributed by atoms with E-state index in [-0.39, 0.29) is 11.5 Å². The van der Waals surface area contributed by atoms with E-state index in [2.05, 4.69) is 10.1 Å². The normalized spacial score (nSPS) is 25.3. The Morgan fingerprint density at radius 1 is 1.20 bits per heavy atom. The van der Waals surface area contributed by atoms with Gasteiger partial charge in [0, 0.05) is 23.6 Å². The van der Waals surface area contributed by atoms with E-state index in [1.54, 1.807) is 0 Å². The predicted molar refractivity (Wildman–Crippen MR) is 99.4 cm³/mol. The number of oxime groups is 1. The summed E-state index contributed by atoms with van der Waals surface area (Å²) >= 11 is 6.04. The monoisotopic (exact) mass is 356 g/mol. The Labute approximate surface area is 153 Å². The van der Waals surface area contributed by atoms with Crippen molar-refractivity contribution < 1.29 is 9.57 Å². The highest BCUT2D eigenvalue weighted by molar-refractivity contribution is 6.30. The van der Waals surface area contributed by atoms with Gasteiger partial charge in [0.2, 0.25) is 0 Å². The van der Waals surface area contributed by atoms with Gasteiger partial charge in [-0.1, -0.05) is 41.0 Å². The maximum Gasteiger partial charge on any atom is 0.143 e. The third kappa shape index (κ3) is 3.00. The van der Waals surface area contributed by atoms with Crippen molar-refractivity contribution in [2.45, 2.75) is 12.0 Å². The number of nitrogens with zero attached hydrogens (tertiary/aromatic N) is 2. The first-order valence-electron chi connectivity index (χ1n) is 8.49. The van der Waals surface area contributed by atoms with Crippen molar-refractivity contribution in [1.82, 2.24) is 4.90 Å². The SMILES string of the molecule is CN(C)CCON=C1c2ccccc2OC2(c3ccc(Cl)cc3)CC12. The van der Waals surface area contributed by atoms with E-state index in [1.165, 1.54) is 0 Å². The van der Waals surface area contributed by atoms with Crippen LogP contribution >= 0.6 is 11.6 Å². The van der Waals surface area contributed by atoms with Crippen LogP contribution in [0, 0.1) is 5.92 Å². The Morgan fingerprint density at radius 2 is 1.96 bits per heavy atom. The number of benzene rings is 2. The van der Waals surface area contributed by atoms with Gasteiger partial charge >= 0.3 is 0 Å². The molecule has 0 N–H and O–H groups in total. The van der Waals surface area contributed by atoms with Gasteiger partial charge in [-0.05, 0) is 43.9 Å². The van der Waals surface area contributed by atoms with Crippen LogP contribution in [-0.2, 0) is 10.4 Å². The molecule has 0 radical (unpaired) electrons. The fourth-order valence-electron chi connectivity index (χ4n) is 3.39. The first-order chi connectivity index (χ1) is 12.1. The van der Waals surface area contributed by atoms with Gasteiger partial charge in [-0.25, -0.2) is 0 Å². The largest absolute Gasteiger partial charge is 0.481 e. The smallest absolute Gasteiger partial charge is 0.143 e.